The van der Waals surface area contributed by atoms with Crippen LogP contribution in [0, 0.1) is 6.92 Å². The molecule has 0 radical (unpaired) electrons. The number of hydrogen-bond acceptors (Lipinski definition) is 3. The predicted octanol–water partition coefficient (Wildman–Crippen LogP) is 3.74. The second-order valence-corrected chi connectivity index (χ2v) is 6.55. The van der Waals surface area contributed by atoms with E-state index in [2.05, 4.69) is 10.2 Å². The fourth-order valence-corrected chi connectivity index (χ4v) is 3.27. The Bertz CT molecular complexity index is 516. The monoisotopic (exact) mass is 293 g/mol. The summed E-state index contributed by atoms with van der Waals surface area (Å²) in [5, 5.41) is 7.40. The van der Waals surface area contributed by atoms with Crippen LogP contribution < -0.4 is 0 Å². The van der Waals surface area contributed by atoms with Crippen molar-refractivity contribution in [2.45, 2.75) is 78.5 Å². The van der Waals surface area contributed by atoms with Crippen molar-refractivity contribution >= 4 is 6.09 Å². The number of amides is 1. The fraction of sp³-hybridized carbons (Fsp3) is 0.750. The molecule has 2 unspecified atom stereocenters. The topological polar surface area (TPSA) is 58.2 Å². The number of H-pyrrole nitrogens is 1. The third-order valence-corrected chi connectivity index (χ3v) is 3.94. The third-order valence-electron chi connectivity index (χ3n) is 3.94. The molecule has 0 aromatic carbocycles. The Morgan fingerprint density at radius 3 is 2.62 bits per heavy atom. The molecule has 1 amide bonds. The number of hydrogen-bond donors (Lipinski definition) is 1. The molecule has 3 rings (SSSR count). The highest BCUT2D eigenvalue weighted by atomic mass is 16.6. The van der Waals surface area contributed by atoms with Gasteiger partial charge in [0.25, 0.3) is 0 Å². The number of nitrogens with one attached hydrogen (secondary N) is 1. The van der Waals surface area contributed by atoms with Crippen LogP contribution in [0.5, 0.6) is 0 Å². The summed E-state index contributed by atoms with van der Waals surface area (Å²) in [4.78, 5) is 14.3. The Hall–Kier alpha value is -1.52. The van der Waals surface area contributed by atoms with Crippen molar-refractivity contribution < 1.29 is 9.53 Å². The van der Waals surface area contributed by atoms with Gasteiger partial charge in [0.15, 0.2) is 0 Å². The summed E-state index contributed by atoms with van der Waals surface area (Å²) in [6.45, 7) is 11.7. The summed E-state index contributed by atoms with van der Waals surface area (Å²) in [7, 11) is 0. The molecule has 1 aromatic heterocycles. The zero-order chi connectivity index (χ0) is 15.8. The van der Waals surface area contributed by atoms with Crippen molar-refractivity contribution in [1.82, 2.24) is 15.1 Å². The van der Waals surface area contributed by atoms with Crippen LogP contribution in [0.3, 0.4) is 0 Å². The lowest BCUT2D eigenvalue weighted by Gasteiger charge is -2.35. The van der Waals surface area contributed by atoms with Gasteiger partial charge in [0.05, 0.1) is 11.7 Å². The standard InChI is InChI=1S/C14H21N3O2.C2H6/c1-8-12-10(16-15-8)7-9-5-6-11(12)17(9)13(18)19-14(2,3)4;1-2/h9,11H,5-7H2,1-4H3,(H,15,16);1-2H3. The van der Waals surface area contributed by atoms with Crippen LogP contribution >= 0.6 is 0 Å². The van der Waals surface area contributed by atoms with E-state index in [4.69, 9.17) is 4.74 Å². The van der Waals surface area contributed by atoms with E-state index in [1.54, 1.807) is 0 Å². The van der Waals surface area contributed by atoms with Crippen molar-refractivity contribution in [3.63, 3.8) is 0 Å². The van der Waals surface area contributed by atoms with Gasteiger partial charge in [-0.1, -0.05) is 13.8 Å². The van der Waals surface area contributed by atoms with E-state index in [1.807, 2.05) is 46.4 Å². The molecule has 2 bridgehead atoms. The number of carbonyl (C=O) groups excluding carboxylic acids is 1. The second kappa shape index (κ2) is 5.70. The highest BCUT2D eigenvalue weighted by Crippen LogP contribution is 2.44. The maximum atomic E-state index is 12.4. The Balaban J connectivity index is 0.000000774. The van der Waals surface area contributed by atoms with Crippen LogP contribution in [0.4, 0.5) is 4.79 Å². The quantitative estimate of drug-likeness (QED) is 0.792. The van der Waals surface area contributed by atoms with Crippen molar-refractivity contribution in [2.75, 3.05) is 0 Å². The zero-order valence-electron chi connectivity index (χ0n) is 14.0. The lowest BCUT2D eigenvalue weighted by Crippen LogP contribution is -2.44. The van der Waals surface area contributed by atoms with Gasteiger partial charge >= 0.3 is 6.09 Å². The fourth-order valence-electron chi connectivity index (χ4n) is 3.27. The van der Waals surface area contributed by atoms with E-state index in [-0.39, 0.29) is 18.2 Å². The molecule has 3 heterocycles. The minimum atomic E-state index is -0.442. The zero-order valence-corrected chi connectivity index (χ0v) is 14.0. The Labute approximate surface area is 127 Å². The minimum Gasteiger partial charge on any atom is -0.444 e. The van der Waals surface area contributed by atoms with E-state index < -0.39 is 5.60 Å². The summed E-state index contributed by atoms with van der Waals surface area (Å²) < 4.78 is 5.55. The first-order chi connectivity index (χ1) is 9.87. The van der Waals surface area contributed by atoms with Gasteiger partial charge in [-0.25, -0.2) is 4.79 Å². The van der Waals surface area contributed by atoms with E-state index in [9.17, 15) is 4.79 Å². The molecule has 0 spiro atoms. The average molecular weight is 293 g/mol. The van der Waals surface area contributed by atoms with Gasteiger partial charge in [-0.15, -0.1) is 0 Å². The number of rotatable bonds is 0. The molecule has 1 N–H and O–H groups in total. The summed E-state index contributed by atoms with van der Waals surface area (Å²) in [5.41, 5.74) is 2.97. The minimum absolute atomic E-state index is 0.141. The lowest BCUT2D eigenvalue weighted by molar-refractivity contribution is 0.0123. The molecule has 2 aliphatic rings. The van der Waals surface area contributed by atoms with Crippen LogP contribution in [0.25, 0.3) is 0 Å². The number of nitrogens with zero attached hydrogens (tertiary/aromatic N) is 2. The molecule has 2 atom stereocenters. The summed E-state index contributed by atoms with van der Waals surface area (Å²) in [6, 6.07) is 0.386. The van der Waals surface area contributed by atoms with E-state index >= 15 is 0 Å². The molecular weight excluding hydrogens is 266 g/mol. The van der Waals surface area contributed by atoms with Crippen LogP contribution in [0.1, 0.15) is 70.5 Å². The third kappa shape index (κ3) is 2.92. The van der Waals surface area contributed by atoms with Crippen molar-refractivity contribution in [1.29, 1.82) is 0 Å². The second-order valence-electron chi connectivity index (χ2n) is 6.55. The number of aromatic nitrogens is 2. The van der Waals surface area contributed by atoms with E-state index in [1.165, 1.54) is 5.56 Å². The Morgan fingerprint density at radius 1 is 1.33 bits per heavy atom. The molecule has 0 aliphatic carbocycles. The van der Waals surface area contributed by atoms with Gasteiger partial charge in [-0.3, -0.25) is 10.00 Å². The maximum absolute atomic E-state index is 12.4. The molecule has 1 saturated heterocycles. The molecule has 5 heteroatoms. The summed E-state index contributed by atoms with van der Waals surface area (Å²) >= 11 is 0. The number of aromatic amines is 1. The normalized spacial score (nSPS) is 23.2. The van der Waals surface area contributed by atoms with Crippen molar-refractivity contribution in [2.24, 2.45) is 0 Å². The number of ether oxygens (including phenoxy) is 1. The van der Waals surface area contributed by atoms with E-state index in [0.717, 1.165) is 30.7 Å². The molecule has 2 aliphatic heterocycles. The largest absolute Gasteiger partial charge is 0.444 e. The molecular formula is C16H27N3O2. The Kier molecular flexibility index (Phi) is 4.30. The molecule has 1 aromatic rings. The predicted molar refractivity (Wildman–Crippen MR) is 82.2 cm³/mol. The van der Waals surface area contributed by atoms with Gasteiger partial charge in [0.2, 0.25) is 0 Å². The molecule has 21 heavy (non-hydrogen) atoms. The van der Waals surface area contributed by atoms with Crippen molar-refractivity contribution in [3.05, 3.63) is 17.0 Å². The Morgan fingerprint density at radius 2 is 2.00 bits per heavy atom. The highest BCUT2D eigenvalue weighted by Gasteiger charge is 2.46. The first kappa shape index (κ1) is 15.9. The van der Waals surface area contributed by atoms with Crippen molar-refractivity contribution in [3.8, 4) is 0 Å². The van der Waals surface area contributed by atoms with Gasteiger partial charge in [0.1, 0.15) is 5.60 Å². The summed E-state index contributed by atoms with van der Waals surface area (Å²) in [6.07, 6.45) is 2.71. The first-order valence-corrected chi connectivity index (χ1v) is 7.92. The first-order valence-electron chi connectivity index (χ1n) is 7.92. The number of carbonyl (C=O) groups is 1. The van der Waals surface area contributed by atoms with Crippen LogP contribution in [-0.2, 0) is 11.2 Å². The number of aryl methyl sites for hydroxylation is 1. The molecule has 1 fully saturated rings. The summed E-state index contributed by atoms with van der Waals surface area (Å²) in [5.74, 6) is 0. The van der Waals surface area contributed by atoms with Gasteiger partial charge in [-0.05, 0) is 40.5 Å². The smallest absolute Gasteiger partial charge is 0.411 e. The molecule has 118 valence electrons. The van der Waals surface area contributed by atoms with Crippen LogP contribution in [0.2, 0.25) is 0 Å². The van der Waals surface area contributed by atoms with Crippen LogP contribution in [-0.4, -0.2) is 32.8 Å². The SMILES string of the molecule is CC.Cc1[nH]nc2c1C1CCC(C2)N1C(=O)OC(C)(C)C. The van der Waals surface area contributed by atoms with E-state index in [0.29, 0.717) is 0 Å². The maximum Gasteiger partial charge on any atom is 0.411 e. The average Bonchev–Trinajstić information content (AvgIpc) is 2.91. The van der Waals surface area contributed by atoms with Gasteiger partial charge < -0.3 is 4.74 Å². The van der Waals surface area contributed by atoms with Crippen LogP contribution in [0.15, 0.2) is 0 Å². The van der Waals surface area contributed by atoms with Gasteiger partial charge in [0, 0.05) is 23.7 Å². The molecule has 5 nitrogen and oxygen atoms in total. The number of fused-ring (bicyclic) bond motifs is 4. The highest BCUT2D eigenvalue weighted by molar-refractivity contribution is 5.70. The van der Waals surface area contributed by atoms with Gasteiger partial charge in [-0.2, -0.15) is 5.10 Å². The molecule has 0 saturated carbocycles. The lowest BCUT2D eigenvalue weighted by atomic mass is 9.98.